The lowest BCUT2D eigenvalue weighted by Gasteiger charge is -2.43. The molecule has 22 heavy (non-hydrogen) atoms. The van der Waals surface area contributed by atoms with Crippen molar-refractivity contribution < 1.29 is 13.9 Å². The fourth-order valence-electron chi connectivity index (χ4n) is 3.58. The van der Waals surface area contributed by atoms with Crippen molar-refractivity contribution in [2.45, 2.75) is 38.1 Å². The second-order valence-corrected chi connectivity index (χ2v) is 6.42. The molecule has 5 heteroatoms. The van der Waals surface area contributed by atoms with Gasteiger partial charge in [0.15, 0.2) is 5.76 Å². The summed E-state index contributed by atoms with van der Waals surface area (Å²) in [5.41, 5.74) is 0.199. The van der Waals surface area contributed by atoms with E-state index in [2.05, 4.69) is 11.9 Å². The van der Waals surface area contributed by atoms with Gasteiger partial charge in [-0.1, -0.05) is 6.92 Å². The van der Waals surface area contributed by atoms with Gasteiger partial charge in [0, 0.05) is 44.8 Å². The van der Waals surface area contributed by atoms with Crippen molar-refractivity contribution in [3.8, 4) is 0 Å². The first-order valence-corrected chi connectivity index (χ1v) is 8.31. The first-order valence-electron chi connectivity index (χ1n) is 8.31. The normalized spacial score (nSPS) is 22.7. The van der Waals surface area contributed by atoms with Crippen LogP contribution in [0.5, 0.6) is 0 Å². The molecule has 1 amide bonds. The summed E-state index contributed by atoms with van der Waals surface area (Å²) in [7, 11) is 2.18. The molecule has 0 atom stereocenters. The zero-order valence-corrected chi connectivity index (χ0v) is 13.6. The number of rotatable bonds is 2. The molecule has 3 heterocycles. The Morgan fingerprint density at radius 3 is 2.64 bits per heavy atom. The lowest BCUT2D eigenvalue weighted by Crippen LogP contribution is -2.50. The number of hydrogen-bond donors (Lipinski definition) is 0. The topological polar surface area (TPSA) is 45.9 Å². The smallest absolute Gasteiger partial charge is 0.289 e. The van der Waals surface area contributed by atoms with Crippen LogP contribution in [0.2, 0.25) is 0 Å². The highest BCUT2D eigenvalue weighted by Gasteiger charge is 2.39. The van der Waals surface area contributed by atoms with Crippen LogP contribution in [0.25, 0.3) is 0 Å². The Hall–Kier alpha value is -1.33. The van der Waals surface area contributed by atoms with Gasteiger partial charge in [-0.15, -0.1) is 0 Å². The molecule has 0 radical (unpaired) electrons. The SMILES string of the molecule is CCc1ccc(C(=O)N2CCN(C)C3(CCOCC3)CC2)o1. The second-order valence-electron chi connectivity index (χ2n) is 6.42. The number of carbonyl (C=O) groups excluding carboxylic acids is 1. The number of amides is 1. The van der Waals surface area contributed by atoms with Gasteiger partial charge in [-0.3, -0.25) is 9.69 Å². The van der Waals surface area contributed by atoms with Crippen molar-refractivity contribution in [3.05, 3.63) is 23.7 Å². The number of likely N-dealkylation sites (N-methyl/N-ethyl adjacent to an activating group) is 1. The summed E-state index contributed by atoms with van der Waals surface area (Å²) in [4.78, 5) is 17.0. The average molecular weight is 306 g/mol. The molecule has 1 spiro atoms. The molecule has 2 saturated heterocycles. The van der Waals surface area contributed by atoms with Crippen LogP contribution >= 0.6 is 0 Å². The van der Waals surface area contributed by atoms with Crippen LogP contribution < -0.4 is 0 Å². The number of aryl methyl sites for hydroxylation is 1. The third-order valence-electron chi connectivity index (χ3n) is 5.29. The van der Waals surface area contributed by atoms with Crippen LogP contribution in [0.15, 0.2) is 16.5 Å². The Bertz CT molecular complexity index is 520. The minimum Gasteiger partial charge on any atom is -0.456 e. The standard InChI is InChI=1S/C17H26N2O3/c1-3-14-4-5-15(22-14)16(20)19-9-6-17(18(2)10-11-19)7-12-21-13-8-17/h4-5H,3,6-13H2,1-2H3. The molecule has 1 aromatic rings. The van der Waals surface area contributed by atoms with Gasteiger partial charge >= 0.3 is 0 Å². The summed E-state index contributed by atoms with van der Waals surface area (Å²) < 4.78 is 11.2. The van der Waals surface area contributed by atoms with E-state index in [1.165, 1.54) is 0 Å². The van der Waals surface area contributed by atoms with E-state index in [1.807, 2.05) is 17.9 Å². The monoisotopic (exact) mass is 306 g/mol. The molecule has 0 aliphatic carbocycles. The van der Waals surface area contributed by atoms with Gasteiger partial charge in [0.25, 0.3) is 5.91 Å². The minimum atomic E-state index is 0.0252. The van der Waals surface area contributed by atoms with Gasteiger partial charge in [-0.05, 0) is 38.4 Å². The van der Waals surface area contributed by atoms with Crippen molar-refractivity contribution in [1.82, 2.24) is 9.80 Å². The van der Waals surface area contributed by atoms with Gasteiger partial charge in [0.05, 0.1) is 0 Å². The molecule has 2 aliphatic rings. The van der Waals surface area contributed by atoms with Crippen LogP contribution in [0.4, 0.5) is 0 Å². The molecule has 0 N–H and O–H groups in total. The third kappa shape index (κ3) is 2.92. The Kier molecular flexibility index (Phi) is 4.54. The third-order valence-corrected chi connectivity index (χ3v) is 5.29. The van der Waals surface area contributed by atoms with Crippen molar-refractivity contribution >= 4 is 5.91 Å². The molecule has 2 fully saturated rings. The molecule has 0 bridgehead atoms. The van der Waals surface area contributed by atoms with Crippen LogP contribution in [0, 0.1) is 0 Å². The first kappa shape index (κ1) is 15.6. The summed E-state index contributed by atoms with van der Waals surface area (Å²) in [6.07, 6.45) is 3.96. The summed E-state index contributed by atoms with van der Waals surface area (Å²) in [6.45, 7) is 6.16. The van der Waals surface area contributed by atoms with E-state index >= 15 is 0 Å². The van der Waals surface area contributed by atoms with Crippen LogP contribution in [-0.2, 0) is 11.2 Å². The van der Waals surface area contributed by atoms with E-state index < -0.39 is 0 Å². The molecule has 5 nitrogen and oxygen atoms in total. The highest BCUT2D eigenvalue weighted by atomic mass is 16.5. The van der Waals surface area contributed by atoms with E-state index in [4.69, 9.17) is 9.15 Å². The summed E-state index contributed by atoms with van der Waals surface area (Å²) in [6, 6.07) is 3.71. The minimum absolute atomic E-state index is 0.0252. The average Bonchev–Trinajstić information content (AvgIpc) is 2.98. The summed E-state index contributed by atoms with van der Waals surface area (Å²) in [5.74, 6) is 1.37. The molecule has 3 rings (SSSR count). The maximum atomic E-state index is 12.6. The molecular weight excluding hydrogens is 280 g/mol. The molecule has 122 valence electrons. The van der Waals surface area contributed by atoms with Gasteiger partial charge in [0.1, 0.15) is 5.76 Å². The van der Waals surface area contributed by atoms with Gasteiger partial charge < -0.3 is 14.1 Å². The van der Waals surface area contributed by atoms with E-state index in [0.29, 0.717) is 5.76 Å². The van der Waals surface area contributed by atoms with Crippen LogP contribution in [-0.4, -0.2) is 61.1 Å². The van der Waals surface area contributed by atoms with Crippen molar-refractivity contribution in [1.29, 1.82) is 0 Å². The van der Waals surface area contributed by atoms with E-state index in [0.717, 1.165) is 64.3 Å². The number of carbonyl (C=O) groups is 1. The van der Waals surface area contributed by atoms with E-state index in [-0.39, 0.29) is 11.4 Å². The predicted molar refractivity (Wildman–Crippen MR) is 84.0 cm³/mol. The molecule has 1 aromatic heterocycles. The van der Waals surface area contributed by atoms with Gasteiger partial charge in [0.2, 0.25) is 0 Å². The largest absolute Gasteiger partial charge is 0.456 e. The maximum absolute atomic E-state index is 12.6. The molecular formula is C17H26N2O3. The molecule has 0 aromatic carbocycles. The fraction of sp³-hybridized carbons (Fsp3) is 0.706. The van der Waals surface area contributed by atoms with Crippen molar-refractivity contribution in [2.24, 2.45) is 0 Å². The maximum Gasteiger partial charge on any atom is 0.289 e. The fourth-order valence-corrected chi connectivity index (χ4v) is 3.58. The summed E-state index contributed by atoms with van der Waals surface area (Å²) in [5, 5.41) is 0. The zero-order valence-electron chi connectivity index (χ0n) is 13.6. The Morgan fingerprint density at radius 1 is 1.18 bits per heavy atom. The molecule has 2 aliphatic heterocycles. The Labute approximate surface area is 132 Å². The number of ether oxygens (including phenoxy) is 1. The molecule has 0 unspecified atom stereocenters. The highest BCUT2D eigenvalue weighted by Crippen LogP contribution is 2.32. The quantitative estimate of drug-likeness (QED) is 0.840. The molecule has 0 saturated carbocycles. The highest BCUT2D eigenvalue weighted by molar-refractivity contribution is 5.91. The lowest BCUT2D eigenvalue weighted by molar-refractivity contribution is -0.0158. The van der Waals surface area contributed by atoms with Gasteiger partial charge in [-0.25, -0.2) is 0 Å². The van der Waals surface area contributed by atoms with Crippen molar-refractivity contribution in [3.63, 3.8) is 0 Å². The number of nitrogens with zero attached hydrogens (tertiary/aromatic N) is 2. The van der Waals surface area contributed by atoms with Crippen LogP contribution in [0.1, 0.15) is 42.5 Å². The second kappa shape index (κ2) is 6.42. The van der Waals surface area contributed by atoms with Crippen molar-refractivity contribution in [2.75, 3.05) is 39.9 Å². The van der Waals surface area contributed by atoms with Crippen LogP contribution in [0.3, 0.4) is 0 Å². The zero-order chi connectivity index (χ0) is 15.6. The van der Waals surface area contributed by atoms with E-state index in [9.17, 15) is 4.79 Å². The first-order chi connectivity index (χ1) is 10.6. The van der Waals surface area contributed by atoms with Gasteiger partial charge in [-0.2, -0.15) is 0 Å². The predicted octanol–water partition coefficient (Wildman–Crippen LogP) is 2.17. The van der Waals surface area contributed by atoms with E-state index in [1.54, 1.807) is 6.07 Å². The Balaban J connectivity index is 1.70. The number of hydrogen-bond acceptors (Lipinski definition) is 4. The number of furan rings is 1. The Morgan fingerprint density at radius 2 is 1.95 bits per heavy atom. The lowest BCUT2D eigenvalue weighted by atomic mass is 9.85. The summed E-state index contributed by atoms with van der Waals surface area (Å²) >= 11 is 0.